The number of sulfonamides is 1. The van der Waals surface area contributed by atoms with Crippen LogP contribution in [0, 0.1) is 13.8 Å². The van der Waals surface area contributed by atoms with Crippen LogP contribution in [0.25, 0.3) is 0 Å². The number of hydrogen-bond acceptors (Lipinski definition) is 4. The number of amides is 2. The van der Waals surface area contributed by atoms with E-state index in [4.69, 9.17) is 0 Å². The number of benzene rings is 3. The van der Waals surface area contributed by atoms with Gasteiger partial charge >= 0.3 is 0 Å². The van der Waals surface area contributed by atoms with Crippen LogP contribution in [0.15, 0.2) is 83.8 Å². The third kappa shape index (κ3) is 7.69. The van der Waals surface area contributed by atoms with E-state index >= 15 is 0 Å². The lowest BCUT2D eigenvalue weighted by Gasteiger charge is -2.33. The van der Waals surface area contributed by atoms with Crippen molar-refractivity contribution >= 4 is 27.5 Å². The highest BCUT2D eigenvalue weighted by atomic mass is 32.2. The van der Waals surface area contributed by atoms with E-state index in [0.717, 1.165) is 23.1 Å². The molecule has 3 rings (SSSR count). The third-order valence-electron chi connectivity index (χ3n) is 6.66. The standard InChI is InChI=1S/C31H39N3O4S/c1-5-20-32-31(36)28(6-2)33(21-19-26-13-9-7-10-14-26)30(35)23-34(29-22-24(3)17-18-25(29)4)39(37,38)27-15-11-8-12-16-27/h7-18,22,28H,5-6,19-21,23H2,1-4H3,(H,32,36)/t28-/m0/s1. The highest BCUT2D eigenvalue weighted by molar-refractivity contribution is 7.92. The van der Waals surface area contributed by atoms with Gasteiger partial charge in [-0.05, 0) is 68.0 Å². The lowest BCUT2D eigenvalue weighted by atomic mass is 10.1. The summed E-state index contributed by atoms with van der Waals surface area (Å²) in [6.45, 7) is 7.91. The molecule has 0 aliphatic heterocycles. The molecule has 0 saturated heterocycles. The first-order valence-electron chi connectivity index (χ1n) is 13.4. The van der Waals surface area contributed by atoms with Crippen molar-refractivity contribution in [2.45, 2.75) is 57.9 Å². The summed E-state index contributed by atoms with van der Waals surface area (Å²) in [5.74, 6) is -0.658. The molecular formula is C31H39N3O4S. The molecule has 1 N–H and O–H groups in total. The van der Waals surface area contributed by atoms with Gasteiger partial charge in [0.05, 0.1) is 10.6 Å². The summed E-state index contributed by atoms with van der Waals surface area (Å²) in [7, 11) is -4.07. The molecule has 0 fully saturated rings. The van der Waals surface area contributed by atoms with E-state index < -0.39 is 28.5 Å². The number of carbonyl (C=O) groups excluding carboxylic acids is 2. The number of rotatable bonds is 13. The van der Waals surface area contributed by atoms with Gasteiger partial charge in [0, 0.05) is 13.1 Å². The van der Waals surface area contributed by atoms with Crippen molar-refractivity contribution in [3.8, 4) is 0 Å². The van der Waals surface area contributed by atoms with Crippen molar-refractivity contribution in [3.63, 3.8) is 0 Å². The number of anilines is 1. The van der Waals surface area contributed by atoms with Crippen LogP contribution in [0.1, 0.15) is 43.4 Å². The summed E-state index contributed by atoms with van der Waals surface area (Å²) in [5, 5.41) is 2.91. The molecule has 0 bridgehead atoms. The molecule has 0 radical (unpaired) electrons. The minimum Gasteiger partial charge on any atom is -0.354 e. The predicted octanol–water partition coefficient (Wildman–Crippen LogP) is 4.87. The average molecular weight is 550 g/mol. The first kappa shape index (κ1) is 29.9. The van der Waals surface area contributed by atoms with E-state index in [-0.39, 0.29) is 17.3 Å². The Hall–Kier alpha value is -3.65. The van der Waals surface area contributed by atoms with Gasteiger partial charge in [-0.3, -0.25) is 13.9 Å². The number of aryl methyl sites for hydroxylation is 2. The van der Waals surface area contributed by atoms with Crippen molar-refractivity contribution in [1.29, 1.82) is 0 Å². The first-order valence-corrected chi connectivity index (χ1v) is 14.9. The van der Waals surface area contributed by atoms with Gasteiger partial charge in [-0.25, -0.2) is 8.42 Å². The molecule has 0 aromatic heterocycles. The molecule has 0 heterocycles. The fourth-order valence-corrected chi connectivity index (χ4v) is 5.97. The van der Waals surface area contributed by atoms with Crippen molar-refractivity contribution in [1.82, 2.24) is 10.2 Å². The van der Waals surface area contributed by atoms with Gasteiger partial charge in [0.1, 0.15) is 12.6 Å². The van der Waals surface area contributed by atoms with E-state index in [0.29, 0.717) is 25.1 Å². The van der Waals surface area contributed by atoms with E-state index in [9.17, 15) is 18.0 Å². The molecule has 2 amide bonds. The minimum atomic E-state index is -4.07. The smallest absolute Gasteiger partial charge is 0.264 e. The highest BCUT2D eigenvalue weighted by Gasteiger charge is 2.33. The normalized spacial score (nSPS) is 12.0. The van der Waals surface area contributed by atoms with Crippen molar-refractivity contribution in [3.05, 3.63) is 95.6 Å². The zero-order valence-electron chi connectivity index (χ0n) is 23.3. The van der Waals surface area contributed by atoms with Gasteiger partial charge in [0.2, 0.25) is 11.8 Å². The lowest BCUT2D eigenvalue weighted by Crippen LogP contribution is -2.53. The van der Waals surface area contributed by atoms with E-state index in [2.05, 4.69) is 5.32 Å². The minimum absolute atomic E-state index is 0.0993. The zero-order chi connectivity index (χ0) is 28.4. The van der Waals surface area contributed by atoms with Gasteiger partial charge in [-0.1, -0.05) is 74.5 Å². The van der Waals surface area contributed by atoms with Gasteiger partial charge in [0.25, 0.3) is 10.0 Å². The molecular weight excluding hydrogens is 510 g/mol. The summed E-state index contributed by atoms with van der Waals surface area (Å²) in [4.78, 5) is 28.8. The van der Waals surface area contributed by atoms with Crippen LogP contribution in [0.5, 0.6) is 0 Å². The molecule has 7 nitrogen and oxygen atoms in total. The Balaban J connectivity index is 2.02. The Morgan fingerprint density at radius 1 is 0.897 bits per heavy atom. The quantitative estimate of drug-likeness (QED) is 0.329. The highest BCUT2D eigenvalue weighted by Crippen LogP contribution is 2.28. The molecule has 0 aliphatic rings. The maximum absolute atomic E-state index is 14.0. The van der Waals surface area contributed by atoms with Crippen molar-refractivity contribution < 1.29 is 18.0 Å². The Kier molecular flexibility index (Phi) is 10.7. The van der Waals surface area contributed by atoms with Gasteiger partial charge in [-0.2, -0.15) is 0 Å². The summed E-state index contributed by atoms with van der Waals surface area (Å²) >= 11 is 0. The summed E-state index contributed by atoms with van der Waals surface area (Å²) < 4.78 is 29.0. The molecule has 0 spiro atoms. The lowest BCUT2D eigenvalue weighted by molar-refractivity contribution is -0.139. The molecule has 0 unspecified atom stereocenters. The summed E-state index contributed by atoms with van der Waals surface area (Å²) in [6, 6.07) is 22.7. The Bertz CT molecular complexity index is 1340. The van der Waals surface area contributed by atoms with Crippen molar-refractivity contribution in [2.24, 2.45) is 0 Å². The molecule has 3 aromatic carbocycles. The van der Waals surface area contributed by atoms with Crippen LogP contribution in [-0.4, -0.2) is 50.8 Å². The molecule has 0 saturated carbocycles. The molecule has 208 valence electrons. The van der Waals surface area contributed by atoms with Gasteiger partial charge in [0.15, 0.2) is 0 Å². The monoisotopic (exact) mass is 549 g/mol. The van der Waals surface area contributed by atoms with Crippen LogP contribution in [0.4, 0.5) is 5.69 Å². The van der Waals surface area contributed by atoms with Gasteiger partial charge in [-0.15, -0.1) is 0 Å². The number of carbonyl (C=O) groups is 2. The molecule has 8 heteroatoms. The second-order valence-corrected chi connectivity index (χ2v) is 11.5. The maximum atomic E-state index is 14.0. The zero-order valence-corrected chi connectivity index (χ0v) is 24.1. The Labute approximate surface area is 232 Å². The van der Waals surface area contributed by atoms with Crippen LogP contribution < -0.4 is 9.62 Å². The second-order valence-electron chi connectivity index (χ2n) is 9.65. The Morgan fingerprint density at radius 3 is 2.15 bits per heavy atom. The Morgan fingerprint density at radius 2 is 1.54 bits per heavy atom. The topological polar surface area (TPSA) is 86.8 Å². The summed E-state index contributed by atoms with van der Waals surface area (Å²) in [6.07, 6.45) is 1.72. The predicted molar refractivity (Wildman–Crippen MR) is 156 cm³/mol. The molecule has 0 aliphatic carbocycles. The molecule has 1 atom stereocenters. The number of nitrogens with zero attached hydrogens (tertiary/aromatic N) is 2. The van der Waals surface area contributed by atoms with E-state index in [1.54, 1.807) is 24.3 Å². The van der Waals surface area contributed by atoms with Gasteiger partial charge < -0.3 is 10.2 Å². The fourth-order valence-electron chi connectivity index (χ4n) is 4.48. The molecule has 39 heavy (non-hydrogen) atoms. The van der Waals surface area contributed by atoms with Crippen molar-refractivity contribution in [2.75, 3.05) is 23.9 Å². The van der Waals surface area contributed by atoms with Crippen LogP contribution in [0.3, 0.4) is 0 Å². The summed E-state index contributed by atoms with van der Waals surface area (Å²) in [5.41, 5.74) is 3.08. The average Bonchev–Trinajstić information content (AvgIpc) is 2.94. The van der Waals surface area contributed by atoms with E-state index in [1.165, 1.54) is 21.3 Å². The molecule has 3 aromatic rings. The number of hydrogen-bond donors (Lipinski definition) is 1. The largest absolute Gasteiger partial charge is 0.354 e. The van der Waals surface area contributed by atoms with Crippen LogP contribution in [0.2, 0.25) is 0 Å². The van der Waals surface area contributed by atoms with Crippen LogP contribution >= 0.6 is 0 Å². The first-order chi connectivity index (χ1) is 18.7. The second kappa shape index (κ2) is 13.9. The SMILES string of the molecule is CCCNC(=O)[C@H](CC)N(CCc1ccccc1)C(=O)CN(c1cc(C)ccc1C)S(=O)(=O)c1ccccc1. The maximum Gasteiger partial charge on any atom is 0.264 e. The van der Waals surface area contributed by atoms with Crippen LogP contribution in [-0.2, 0) is 26.0 Å². The third-order valence-corrected chi connectivity index (χ3v) is 8.44. The van der Waals surface area contributed by atoms with E-state index in [1.807, 2.05) is 70.2 Å². The number of nitrogens with one attached hydrogen (secondary N) is 1. The fraction of sp³-hybridized carbons (Fsp3) is 0.355.